The summed E-state index contributed by atoms with van der Waals surface area (Å²) in [5.74, 6) is -0.259. The van der Waals surface area contributed by atoms with E-state index in [2.05, 4.69) is 0 Å². The van der Waals surface area contributed by atoms with Crippen LogP contribution in [-0.2, 0) is 14.3 Å². The highest BCUT2D eigenvalue weighted by Crippen LogP contribution is 2.36. The molecular weight excluding hydrogens is 234 g/mol. The van der Waals surface area contributed by atoms with Crippen LogP contribution in [0.2, 0.25) is 0 Å². The fraction of sp³-hybridized carbons (Fsp3) is 0.846. The first-order chi connectivity index (χ1) is 8.65. The quantitative estimate of drug-likeness (QED) is 0.794. The van der Waals surface area contributed by atoms with Crippen molar-refractivity contribution in [2.45, 2.75) is 56.8 Å². The molecule has 100 valence electrons. The number of rotatable bonds is 5. The number of hydrogen-bond acceptors (Lipinski definition) is 3. The van der Waals surface area contributed by atoms with Gasteiger partial charge in [-0.1, -0.05) is 0 Å². The normalized spacial score (nSPS) is 31.3. The summed E-state index contributed by atoms with van der Waals surface area (Å²) in [4.78, 5) is 25.1. The molecule has 1 saturated heterocycles. The number of aliphatic carboxylic acids is 1. The Hall–Kier alpha value is -1.10. The summed E-state index contributed by atoms with van der Waals surface area (Å²) in [5.41, 5.74) is 0. The standard InChI is InChI=1S/C13H19NO4/c15-12(10-5-6-11(18-10)13(16)17)14(9-3-4-9)7-8-1-2-8/h8-11H,1-7H2,(H,16,17). The largest absolute Gasteiger partial charge is 0.479 e. The average molecular weight is 253 g/mol. The molecular formula is C13H19NO4. The Morgan fingerprint density at radius 3 is 2.22 bits per heavy atom. The van der Waals surface area contributed by atoms with Crippen molar-refractivity contribution < 1.29 is 19.4 Å². The Kier molecular flexibility index (Phi) is 3.01. The predicted molar refractivity (Wildman–Crippen MR) is 63.0 cm³/mol. The summed E-state index contributed by atoms with van der Waals surface area (Å²) in [6.07, 6.45) is 4.31. The van der Waals surface area contributed by atoms with Gasteiger partial charge in [0.25, 0.3) is 5.91 Å². The summed E-state index contributed by atoms with van der Waals surface area (Å²) in [6.45, 7) is 0.848. The lowest BCUT2D eigenvalue weighted by Crippen LogP contribution is -2.42. The van der Waals surface area contributed by atoms with Crippen molar-refractivity contribution in [1.29, 1.82) is 0 Å². The Morgan fingerprint density at radius 1 is 1.06 bits per heavy atom. The van der Waals surface area contributed by atoms with Gasteiger partial charge in [-0.3, -0.25) is 4.79 Å². The minimum absolute atomic E-state index is 0.0214. The molecule has 0 radical (unpaired) electrons. The summed E-state index contributed by atoms with van der Waals surface area (Å²) in [6, 6.07) is 0.394. The van der Waals surface area contributed by atoms with Crippen LogP contribution < -0.4 is 0 Å². The average Bonchev–Trinajstić information content (AvgIpc) is 3.24. The molecule has 0 bridgehead atoms. The number of ether oxygens (including phenoxy) is 1. The van der Waals surface area contributed by atoms with Gasteiger partial charge in [-0.2, -0.15) is 0 Å². The molecule has 2 unspecified atom stereocenters. The molecule has 3 aliphatic rings. The molecule has 2 aliphatic carbocycles. The number of amides is 1. The molecule has 3 fully saturated rings. The zero-order chi connectivity index (χ0) is 12.7. The van der Waals surface area contributed by atoms with Crippen LogP contribution in [-0.4, -0.2) is 46.7 Å². The fourth-order valence-corrected chi connectivity index (χ4v) is 2.57. The summed E-state index contributed by atoms with van der Waals surface area (Å²) >= 11 is 0. The molecule has 1 heterocycles. The van der Waals surface area contributed by atoms with Crippen LogP contribution in [0, 0.1) is 5.92 Å². The second kappa shape index (κ2) is 4.53. The Labute approximate surface area is 106 Å². The molecule has 0 spiro atoms. The van der Waals surface area contributed by atoms with Gasteiger partial charge in [-0.05, 0) is 44.4 Å². The van der Waals surface area contributed by atoms with Gasteiger partial charge in [0.1, 0.15) is 6.10 Å². The molecule has 18 heavy (non-hydrogen) atoms. The molecule has 1 amide bonds. The zero-order valence-electron chi connectivity index (χ0n) is 10.4. The van der Waals surface area contributed by atoms with Crippen LogP contribution in [0.25, 0.3) is 0 Å². The van der Waals surface area contributed by atoms with E-state index >= 15 is 0 Å². The summed E-state index contributed by atoms with van der Waals surface area (Å²) in [5, 5.41) is 8.88. The second-order valence-electron chi connectivity index (χ2n) is 5.69. The lowest BCUT2D eigenvalue weighted by molar-refractivity contribution is -0.155. The van der Waals surface area contributed by atoms with Crippen LogP contribution in [0.3, 0.4) is 0 Å². The Balaban J connectivity index is 1.59. The smallest absolute Gasteiger partial charge is 0.332 e. The molecule has 0 aromatic carbocycles. The van der Waals surface area contributed by atoms with E-state index in [0.29, 0.717) is 24.8 Å². The maximum Gasteiger partial charge on any atom is 0.332 e. The second-order valence-corrected chi connectivity index (χ2v) is 5.69. The van der Waals surface area contributed by atoms with Gasteiger partial charge in [0.15, 0.2) is 6.10 Å². The molecule has 2 saturated carbocycles. The van der Waals surface area contributed by atoms with Crippen molar-refractivity contribution >= 4 is 11.9 Å². The monoisotopic (exact) mass is 253 g/mol. The van der Waals surface area contributed by atoms with Gasteiger partial charge >= 0.3 is 5.97 Å². The van der Waals surface area contributed by atoms with Gasteiger partial charge in [-0.15, -0.1) is 0 Å². The number of hydrogen-bond donors (Lipinski definition) is 1. The molecule has 0 aromatic rings. The third-order valence-corrected chi connectivity index (χ3v) is 3.99. The Bertz CT molecular complexity index is 362. The van der Waals surface area contributed by atoms with Crippen LogP contribution in [0.4, 0.5) is 0 Å². The van der Waals surface area contributed by atoms with Crippen molar-refractivity contribution in [3.05, 3.63) is 0 Å². The first-order valence-electron chi connectivity index (χ1n) is 6.84. The maximum atomic E-state index is 12.4. The van der Waals surface area contributed by atoms with Crippen molar-refractivity contribution in [3.63, 3.8) is 0 Å². The van der Waals surface area contributed by atoms with E-state index in [1.54, 1.807) is 0 Å². The Morgan fingerprint density at radius 2 is 1.72 bits per heavy atom. The van der Waals surface area contributed by atoms with Crippen LogP contribution in [0.1, 0.15) is 38.5 Å². The predicted octanol–water partition coefficient (Wildman–Crippen LogP) is 1.02. The third kappa shape index (κ3) is 2.51. The van der Waals surface area contributed by atoms with Crippen LogP contribution in [0.15, 0.2) is 0 Å². The van der Waals surface area contributed by atoms with E-state index in [1.165, 1.54) is 12.8 Å². The van der Waals surface area contributed by atoms with Crippen LogP contribution >= 0.6 is 0 Å². The minimum atomic E-state index is -0.953. The number of carboxylic acids is 1. The molecule has 5 nitrogen and oxygen atoms in total. The molecule has 3 rings (SSSR count). The van der Waals surface area contributed by atoms with Crippen molar-refractivity contribution in [2.75, 3.05) is 6.54 Å². The van der Waals surface area contributed by atoms with E-state index in [-0.39, 0.29) is 5.91 Å². The SMILES string of the molecule is O=C(O)C1CCC(C(=O)N(CC2CC2)C2CC2)O1. The van der Waals surface area contributed by atoms with E-state index in [0.717, 1.165) is 19.4 Å². The molecule has 2 atom stereocenters. The lowest BCUT2D eigenvalue weighted by Gasteiger charge is -2.25. The van der Waals surface area contributed by atoms with Gasteiger partial charge in [0.2, 0.25) is 0 Å². The maximum absolute atomic E-state index is 12.4. The first-order valence-corrected chi connectivity index (χ1v) is 6.84. The lowest BCUT2D eigenvalue weighted by atomic mass is 10.1. The zero-order valence-corrected chi connectivity index (χ0v) is 10.4. The van der Waals surface area contributed by atoms with Crippen LogP contribution in [0.5, 0.6) is 0 Å². The number of carbonyl (C=O) groups excluding carboxylic acids is 1. The number of carbonyl (C=O) groups is 2. The summed E-state index contributed by atoms with van der Waals surface area (Å²) < 4.78 is 5.35. The number of nitrogens with zero attached hydrogens (tertiary/aromatic N) is 1. The topological polar surface area (TPSA) is 66.8 Å². The van der Waals surface area contributed by atoms with Gasteiger partial charge in [-0.25, -0.2) is 4.79 Å². The fourth-order valence-electron chi connectivity index (χ4n) is 2.57. The highest BCUT2D eigenvalue weighted by molar-refractivity contribution is 5.83. The van der Waals surface area contributed by atoms with Gasteiger partial charge < -0.3 is 14.7 Å². The van der Waals surface area contributed by atoms with Gasteiger partial charge in [0.05, 0.1) is 0 Å². The summed E-state index contributed by atoms with van der Waals surface area (Å²) in [7, 11) is 0. The van der Waals surface area contributed by atoms with E-state index in [1.807, 2.05) is 4.90 Å². The van der Waals surface area contributed by atoms with Crippen molar-refractivity contribution in [1.82, 2.24) is 4.90 Å². The minimum Gasteiger partial charge on any atom is -0.479 e. The molecule has 1 aliphatic heterocycles. The van der Waals surface area contributed by atoms with Crippen molar-refractivity contribution in [3.8, 4) is 0 Å². The van der Waals surface area contributed by atoms with E-state index in [9.17, 15) is 9.59 Å². The van der Waals surface area contributed by atoms with Gasteiger partial charge in [0, 0.05) is 12.6 Å². The first kappa shape index (κ1) is 12.0. The molecule has 5 heteroatoms. The van der Waals surface area contributed by atoms with E-state index < -0.39 is 18.2 Å². The number of carboxylic acid groups (broad SMARTS) is 1. The van der Waals surface area contributed by atoms with E-state index in [4.69, 9.17) is 9.84 Å². The highest BCUT2D eigenvalue weighted by atomic mass is 16.5. The molecule has 1 N–H and O–H groups in total. The van der Waals surface area contributed by atoms with Crippen molar-refractivity contribution in [2.24, 2.45) is 5.92 Å². The molecule has 0 aromatic heterocycles. The highest BCUT2D eigenvalue weighted by Gasteiger charge is 2.42. The third-order valence-electron chi connectivity index (χ3n) is 3.99.